The Balaban J connectivity index is 2.78. The summed E-state index contributed by atoms with van der Waals surface area (Å²) < 4.78 is 36.5. The van der Waals surface area contributed by atoms with Gasteiger partial charge in [0.2, 0.25) is 0 Å². The molecule has 20 heavy (non-hydrogen) atoms. The molecule has 0 spiro atoms. The molecule has 0 aliphatic rings. The van der Waals surface area contributed by atoms with Crippen LogP contribution < -0.4 is 5.73 Å². The average Bonchev–Trinajstić information content (AvgIpc) is 2.43. The highest BCUT2D eigenvalue weighted by Crippen LogP contribution is 2.15. The predicted octanol–water partition coefficient (Wildman–Crippen LogP) is 1.71. The molecule has 0 bridgehead atoms. The minimum absolute atomic E-state index is 0.000533. The first-order valence-electron chi connectivity index (χ1n) is 6.67. The minimum atomic E-state index is -3.40. The quantitative estimate of drug-likeness (QED) is 0.830. The lowest BCUT2D eigenvalue weighted by molar-refractivity contribution is 0.593. The Hall–Kier alpha value is -0.720. The maximum atomic E-state index is 12.2. The zero-order valence-corrected chi connectivity index (χ0v) is 13.8. The van der Waals surface area contributed by atoms with Gasteiger partial charge in [-0.1, -0.05) is 32.9 Å². The Morgan fingerprint density at radius 1 is 1.25 bits per heavy atom. The molecule has 0 radical (unpaired) electrons. The highest BCUT2D eigenvalue weighted by atomic mass is 32.2. The van der Waals surface area contributed by atoms with Crippen molar-refractivity contribution in [3.8, 4) is 0 Å². The molecule has 1 aromatic carbocycles. The van der Waals surface area contributed by atoms with Crippen LogP contribution in [0.15, 0.2) is 29.2 Å². The summed E-state index contributed by atoms with van der Waals surface area (Å²) in [5.41, 5.74) is 6.29. The van der Waals surface area contributed by atoms with E-state index in [1.165, 1.54) is 0 Å². The van der Waals surface area contributed by atoms with E-state index in [2.05, 4.69) is 0 Å². The zero-order chi connectivity index (χ0) is 15.3. The largest absolute Gasteiger partial charge is 0.326 e. The molecular weight excluding hydrogens is 294 g/mol. The fourth-order valence-electron chi connectivity index (χ4n) is 1.67. The first-order chi connectivity index (χ1) is 9.27. The van der Waals surface area contributed by atoms with Gasteiger partial charge in [-0.15, -0.1) is 0 Å². The molecule has 4 nitrogen and oxygen atoms in total. The lowest BCUT2D eigenvalue weighted by Gasteiger charge is -2.15. The van der Waals surface area contributed by atoms with Gasteiger partial charge in [0.25, 0.3) is 0 Å². The van der Waals surface area contributed by atoms with E-state index in [1.54, 1.807) is 24.3 Å². The average molecular weight is 317 g/mol. The first-order valence-corrected chi connectivity index (χ1v) is 9.70. The molecule has 1 aromatic rings. The van der Waals surface area contributed by atoms with Crippen molar-refractivity contribution < 1.29 is 12.6 Å². The molecule has 0 saturated heterocycles. The van der Waals surface area contributed by atoms with E-state index in [4.69, 9.17) is 5.73 Å². The molecule has 0 aliphatic carbocycles. The van der Waals surface area contributed by atoms with Crippen LogP contribution in [0.5, 0.6) is 0 Å². The Morgan fingerprint density at radius 2 is 1.90 bits per heavy atom. The van der Waals surface area contributed by atoms with Gasteiger partial charge in [-0.05, 0) is 23.6 Å². The third kappa shape index (κ3) is 4.68. The normalized spacial score (nSPS) is 15.2. The molecule has 114 valence electrons. The Bertz CT molecular complexity index is 568. The summed E-state index contributed by atoms with van der Waals surface area (Å²) in [6.07, 6.45) is 0. The van der Waals surface area contributed by atoms with E-state index in [-0.39, 0.29) is 27.6 Å². The number of sulfone groups is 1. The maximum Gasteiger partial charge on any atom is 0.179 e. The molecule has 0 amide bonds. The fourth-order valence-corrected chi connectivity index (χ4v) is 5.03. The van der Waals surface area contributed by atoms with Crippen LogP contribution in [0, 0.1) is 5.92 Å². The Labute approximate surface area is 124 Å². The van der Waals surface area contributed by atoms with Crippen LogP contribution in [0.25, 0.3) is 0 Å². The van der Waals surface area contributed by atoms with Crippen LogP contribution in [-0.4, -0.2) is 29.4 Å². The van der Waals surface area contributed by atoms with Gasteiger partial charge in [0.15, 0.2) is 9.84 Å². The molecule has 0 aliphatic heterocycles. The smallest absolute Gasteiger partial charge is 0.179 e. The van der Waals surface area contributed by atoms with Crippen molar-refractivity contribution in [2.75, 3.05) is 11.5 Å². The van der Waals surface area contributed by atoms with Gasteiger partial charge in [-0.3, -0.25) is 4.21 Å². The second kappa shape index (κ2) is 7.33. The van der Waals surface area contributed by atoms with Crippen LogP contribution in [0.4, 0.5) is 0 Å². The first kappa shape index (κ1) is 17.3. The number of nitrogens with two attached hydrogens (primary N) is 1. The van der Waals surface area contributed by atoms with Crippen molar-refractivity contribution >= 4 is 20.6 Å². The molecular formula is C14H23NO3S2. The third-order valence-electron chi connectivity index (χ3n) is 3.40. The minimum Gasteiger partial charge on any atom is -0.326 e. The van der Waals surface area contributed by atoms with Gasteiger partial charge in [-0.25, -0.2) is 8.42 Å². The van der Waals surface area contributed by atoms with Crippen LogP contribution in [-0.2, 0) is 27.2 Å². The zero-order valence-electron chi connectivity index (χ0n) is 12.2. The number of rotatable bonds is 7. The van der Waals surface area contributed by atoms with E-state index in [1.807, 2.05) is 20.8 Å². The van der Waals surface area contributed by atoms with Gasteiger partial charge in [0, 0.05) is 28.3 Å². The number of benzene rings is 1. The topological polar surface area (TPSA) is 77.2 Å². The summed E-state index contributed by atoms with van der Waals surface area (Å²) in [5, 5.41) is 0.000533. The van der Waals surface area contributed by atoms with Crippen LogP contribution in [0.2, 0.25) is 0 Å². The monoisotopic (exact) mass is 317 g/mol. The van der Waals surface area contributed by atoms with Gasteiger partial charge in [0.05, 0.1) is 10.6 Å². The Kier molecular flexibility index (Phi) is 6.36. The molecule has 0 aromatic heterocycles. The molecule has 2 atom stereocenters. The highest BCUT2D eigenvalue weighted by Gasteiger charge is 2.20. The van der Waals surface area contributed by atoms with Gasteiger partial charge < -0.3 is 5.73 Å². The van der Waals surface area contributed by atoms with Crippen molar-refractivity contribution in [3.63, 3.8) is 0 Å². The fraction of sp³-hybridized carbons (Fsp3) is 0.571. The third-order valence-corrected chi connectivity index (χ3v) is 7.35. The second-order valence-electron chi connectivity index (χ2n) is 5.20. The van der Waals surface area contributed by atoms with E-state index < -0.39 is 20.6 Å². The second-order valence-corrected chi connectivity index (χ2v) is 9.23. The van der Waals surface area contributed by atoms with Gasteiger partial charge >= 0.3 is 0 Å². The standard InChI is InChI=1S/C14H23NO3S2/c1-11(2)12(3)19(16)7-8-20(17,18)14-6-4-5-13(9-14)10-15/h4-6,9,11-12H,7-8,10,15H2,1-3H3. The summed E-state index contributed by atoms with van der Waals surface area (Å²) in [6, 6.07) is 6.62. The van der Waals surface area contributed by atoms with Gasteiger partial charge in [0.1, 0.15) is 0 Å². The molecule has 0 heterocycles. The summed E-state index contributed by atoms with van der Waals surface area (Å²) in [5.74, 6) is 0.360. The highest BCUT2D eigenvalue weighted by molar-refractivity contribution is 7.93. The van der Waals surface area contributed by atoms with Crippen LogP contribution in [0.3, 0.4) is 0 Å². The van der Waals surface area contributed by atoms with Gasteiger partial charge in [-0.2, -0.15) is 0 Å². The number of hydrogen-bond donors (Lipinski definition) is 1. The van der Waals surface area contributed by atoms with Crippen molar-refractivity contribution in [1.29, 1.82) is 0 Å². The van der Waals surface area contributed by atoms with Crippen molar-refractivity contribution in [2.24, 2.45) is 11.7 Å². The Morgan fingerprint density at radius 3 is 2.45 bits per heavy atom. The van der Waals surface area contributed by atoms with E-state index in [9.17, 15) is 12.6 Å². The summed E-state index contributed by atoms with van der Waals surface area (Å²) >= 11 is 0. The summed E-state index contributed by atoms with van der Waals surface area (Å²) in [7, 11) is -4.52. The lowest BCUT2D eigenvalue weighted by atomic mass is 10.2. The molecule has 0 fully saturated rings. The van der Waals surface area contributed by atoms with Crippen molar-refractivity contribution in [2.45, 2.75) is 37.5 Å². The van der Waals surface area contributed by atoms with E-state index >= 15 is 0 Å². The summed E-state index contributed by atoms with van der Waals surface area (Å²) in [4.78, 5) is 0.259. The summed E-state index contributed by atoms with van der Waals surface area (Å²) in [6.45, 7) is 6.17. The molecule has 1 rings (SSSR count). The lowest BCUT2D eigenvalue weighted by Crippen LogP contribution is -2.24. The van der Waals surface area contributed by atoms with Crippen molar-refractivity contribution in [3.05, 3.63) is 29.8 Å². The molecule has 0 saturated carbocycles. The van der Waals surface area contributed by atoms with Crippen molar-refractivity contribution in [1.82, 2.24) is 0 Å². The number of hydrogen-bond acceptors (Lipinski definition) is 4. The SMILES string of the molecule is CC(C)C(C)S(=O)CCS(=O)(=O)c1cccc(CN)c1. The van der Waals surface area contributed by atoms with E-state index in [0.717, 1.165) is 5.56 Å². The molecule has 2 N–H and O–H groups in total. The molecule has 2 unspecified atom stereocenters. The maximum absolute atomic E-state index is 12.2. The molecule has 6 heteroatoms. The van der Waals surface area contributed by atoms with Crippen LogP contribution in [0.1, 0.15) is 26.3 Å². The predicted molar refractivity (Wildman–Crippen MR) is 83.7 cm³/mol. The van der Waals surface area contributed by atoms with E-state index in [0.29, 0.717) is 6.54 Å². The van der Waals surface area contributed by atoms with Crippen LogP contribution >= 0.6 is 0 Å².